The monoisotopic (exact) mass is 612 g/mol. The quantitative estimate of drug-likeness (QED) is 0.167. The average molecular weight is 613 g/mol. The third kappa shape index (κ3) is 3.37. The second kappa shape index (κ2) is 8.20. The van der Waals surface area contributed by atoms with Gasteiger partial charge in [0.25, 0.3) is 0 Å². The number of benzene rings is 5. The van der Waals surface area contributed by atoms with Crippen LogP contribution in [0.2, 0.25) is 0 Å². The van der Waals surface area contributed by atoms with Gasteiger partial charge in [-0.25, -0.2) is 0 Å². The molecule has 5 aromatic carbocycles. The number of para-hydroxylation sites is 1. The number of rotatable bonds is 0. The molecule has 10 aromatic rings. The highest BCUT2D eigenvalue weighted by atomic mass is 16.3. The second-order valence-corrected chi connectivity index (χ2v) is 17.2. The highest BCUT2D eigenvalue weighted by Gasteiger charge is 2.28. The Hall–Kier alpha value is -4.76. The number of furan rings is 1. The standard InChI is InChI=1S/C44H40N2O/c1-42(2,3)23-14-15-34-27(16-23)30-17-24(43(4,5)6)18-31-28-22-36-29(21-35(28)45(34)38(30)31)32-19-25(44(7,8)9)20-33-39(32)46(36)40-26-12-10-11-13-37(26)47-41(33)40/h10-22H,1-9H3. The highest BCUT2D eigenvalue weighted by molar-refractivity contribution is 6.30. The Morgan fingerprint density at radius 2 is 0.894 bits per heavy atom. The average Bonchev–Trinajstić information content (AvgIpc) is 3.78. The zero-order valence-electron chi connectivity index (χ0n) is 28.8. The summed E-state index contributed by atoms with van der Waals surface area (Å²) in [4.78, 5) is 0. The summed E-state index contributed by atoms with van der Waals surface area (Å²) in [5.74, 6) is 0. The minimum absolute atomic E-state index is 0.00222. The van der Waals surface area contributed by atoms with Gasteiger partial charge in [0.2, 0.25) is 0 Å². The van der Waals surface area contributed by atoms with E-state index in [9.17, 15) is 0 Å². The maximum atomic E-state index is 6.65. The molecule has 3 nitrogen and oxygen atoms in total. The van der Waals surface area contributed by atoms with Crippen LogP contribution in [0.15, 0.2) is 83.3 Å². The summed E-state index contributed by atoms with van der Waals surface area (Å²) in [5.41, 5.74) is 13.7. The van der Waals surface area contributed by atoms with Crippen LogP contribution in [0.5, 0.6) is 0 Å². The van der Waals surface area contributed by atoms with Gasteiger partial charge < -0.3 is 13.2 Å². The van der Waals surface area contributed by atoms with Crippen LogP contribution in [0, 0.1) is 0 Å². The van der Waals surface area contributed by atoms with E-state index in [4.69, 9.17) is 4.42 Å². The zero-order valence-corrected chi connectivity index (χ0v) is 28.8. The van der Waals surface area contributed by atoms with Crippen molar-refractivity contribution in [3.05, 3.63) is 95.6 Å². The summed E-state index contributed by atoms with van der Waals surface area (Å²) in [6.45, 7) is 20.9. The topological polar surface area (TPSA) is 22.0 Å². The van der Waals surface area contributed by atoms with Crippen LogP contribution in [0.1, 0.15) is 79.0 Å². The molecule has 5 aromatic heterocycles. The Labute approximate surface area is 274 Å². The lowest BCUT2D eigenvalue weighted by atomic mass is 9.84. The second-order valence-electron chi connectivity index (χ2n) is 17.2. The SMILES string of the molecule is CC(C)(C)c1ccc2c(c1)c1cc(C(C)(C)C)cc3c4cc5c(cc4n2c13)c1cc(C(C)(C)C)cc2c3oc4ccccc4c3n5c12. The van der Waals surface area contributed by atoms with Gasteiger partial charge in [0.15, 0.2) is 5.58 Å². The molecule has 0 aliphatic carbocycles. The van der Waals surface area contributed by atoms with E-state index in [1.165, 1.54) is 92.9 Å². The Kier molecular flexibility index (Phi) is 4.77. The minimum Gasteiger partial charge on any atom is -0.454 e. The smallest absolute Gasteiger partial charge is 0.161 e. The normalized spacial score (nSPS) is 14.1. The third-order valence-corrected chi connectivity index (χ3v) is 11.0. The van der Waals surface area contributed by atoms with Crippen molar-refractivity contribution in [2.24, 2.45) is 0 Å². The zero-order chi connectivity index (χ0) is 32.5. The van der Waals surface area contributed by atoms with Gasteiger partial charge in [-0.2, -0.15) is 0 Å². The van der Waals surface area contributed by atoms with Gasteiger partial charge in [0.1, 0.15) is 11.1 Å². The molecule has 0 fully saturated rings. The van der Waals surface area contributed by atoms with Crippen LogP contribution >= 0.6 is 0 Å². The van der Waals surface area contributed by atoms with Crippen LogP contribution in [0.3, 0.4) is 0 Å². The molecule has 0 spiro atoms. The van der Waals surface area contributed by atoms with Gasteiger partial charge in [0.05, 0.1) is 27.6 Å². The van der Waals surface area contributed by atoms with E-state index in [0.717, 1.165) is 11.2 Å². The largest absolute Gasteiger partial charge is 0.454 e. The van der Waals surface area contributed by atoms with E-state index in [-0.39, 0.29) is 16.2 Å². The van der Waals surface area contributed by atoms with Crippen LogP contribution in [0.25, 0.3) is 87.4 Å². The van der Waals surface area contributed by atoms with E-state index in [1.807, 2.05) is 0 Å². The lowest BCUT2D eigenvalue weighted by Gasteiger charge is -2.20. The molecule has 0 N–H and O–H groups in total. The Balaban J connectivity index is 1.46. The first-order valence-corrected chi connectivity index (χ1v) is 17.0. The summed E-state index contributed by atoms with van der Waals surface area (Å²) in [7, 11) is 0. The first-order chi connectivity index (χ1) is 22.2. The minimum atomic E-state index is -0.00222. The molecule has 0 radical (unpaired) electrons. The predicted molar refractivity (Wildman–Crippen MR) is 202 cm³/mol. The number of fused-ring (bicyclic) bond motifs is 14. The molecule has 10 rings (SSSR count). The van der Waals surface area contributed by atoms with Crippen molar-refractivity contribution in [3.8, 4) is 0 Å². The maximum absolute atomic E-state index is 6.65. The molecule has 0 saturated carbocycles. The van der Waals surface area contributed by atoms with Crippen molar-refractivity contribution < 1.29 is 4.42 Å². The summed E-state index contributed by atoms with van der Waals surface area (Å²) in [6, 6.07) is 30.4. The first kappa shape index (κ1) is 27.4. The molecule has 0 aliphatic heterocycles. The third-order valence-electron chi connectivity index (χ3n) is 11.0. The molecule has 0 aliphatic rings. The van der Waals surface area contributed by atoms with Crippen LogP contribution in [-0.4, -0.2) is 8.80 Å². The van der Waals surface area contributed by atoms with E-state index in [1.54, 1.807) is 0 Å². The van der Waals surface area contributed by atoms with E-state index < -0.39 is 0 Å². The summed E-state index contributed by atoms with van der Waals surface area (Å²) >= 11 is 0. The molecular weight excluding hydrogens is 572 g/mol. The highest BCUT2D eigenvalue weighted by Crippen LogP contribution is 2.48. The van der Waals surface area contributed by atoms with Crippen LogP contribution in [-0.2, 0) is 16.2 Å². The van der Waals surface area contributed by atoms with Gasteiger partial charge in [-0.05, 0) is 93.6 Å². The summed E-state index contributed by atoms with van der Waals surface area (Å²) < 4.78 is 11.7. The van der Waals surface area contributed by atoms with E-state index >= 15 is 0 Å². The van der Waals surface area contributed by atoms with E-state index in [2.05, 4.69) is 150 Å². The van der Waals surface area contributed by atoms with Gasteiger partial charge in [-0.1, -0.05) is 80.5 Å². The fourth-order valence-corrected chi connectivity index (χ4v) is 8.36. The van der Waals surface area contributed by atoms with Crippen molar-refractivity contribution in [1.29, 1.82) is 0 Å². The van der Waals surface area contributed by atoms with Gasteiger partial charge >= 0.3 is 0 Å². The maximum Gasteiger partial charge on any atom is 0.161 e. The number of hydrogen-bond donors (Lipinski definition) is 0. The van der Waals surface area contributed by atoms with Crippen molar-refractivity contribution >= 4 is 87.4 Å². The first-order valence-electron chi connectivity index (χ1n) is 17.0. The van der Waals surface area contributed by atoms with Crippen LogP contribution in [0.4, 0.5) is 0 Å². The van der Waals surface area contributed by atoms with Gasteiger partial charge in [0, 0.05) is 43.1 Å². The van der Waals surface area contributed by atoms with Gasteiger partial charge in [-0.15, -0.1) is 0 Å². The van der Waals surface area contributed by atoms with Crippen molar-refractivity contribution in [2.45, 2.75) is 78.6 Å². The molecule has 0 unspecified atom stereocenters. The molecule has 3 heteroatoms. The Morgan fingerprint density at radius 1 is 0.404 bits per heavy atom. The molecule has 0 atom stereocenters. The molecular formula is C44H40N2O. The lowest BCUT2D eigenvalue weighted by molar-refractivity contribution is 0.590. The molecule has 0 bridgehead atoms. The van der Waals surface area contributed by atoms with Crippen LogP contribution < -0.4 is 0 Å². The fraction of sp³-hybridized carbons (Fsp3) is 0.273. The molecule has 5 heterocycles. The number of hydrogen-bond acceptors (Lipinski definition) is 1. The van der Waals surface area contributed by atoms with Crippen molar-refractivity contribution in [1.82, 2.24) is 8.80 Å². The van der Waals surface area contributed by atoms with Gasteiger partial charge in [-0.3, -0.25) is 0 Å². The summed E-state index contributed by atoms with van der Waals surface area (Å²) in [6.07, 6.45) is 0. The van der Waals surface area contributed by atoms with Crippen molar-refractivity contribution in [3.63, 3.8) is 0 Å². The summed E-state index contributed by atoms with van der Waals surface area (Å²) in [5, 5.41) is 10.3. The Bertz CT molecular complexity index is 2940. The van der Waals surface area contributed by atoms with E-state index in [0.29, 0.717) is 0 Å². The fourth-order valence-electron chi connectivity index (χ4n) is 8.36. The van der Waals surface area contributed by atoms with Crippen molar-refractivity contribution in [2.75, 3.05) is 0 Å². The lowest BCUT2D eigenvalue weighted by Crippen LogP contribution is -2.11. The molecule has 47 heavy (non-hydrogen) atoms. The molecule has 232 valence electrons. The number of nitrogens with zero attached hydrogens (tertiary/aromatic N) is 2. The molecule has 0 amide bonds. The predicted octanol–water partition coefficient (Wildman–Crippen LogP) is 12.6. The Morgan fingerprint density at radius 3 is 1.49 bits per heavy atom. The molecule has 0 saturated heterocycles. The number of aromatic nitrogens is 2.